The van der Waals surface area contributed by atoms with Gasteiger partial charge in [0, 0.05) is 0 Å². The Morgan fingerprint density at radius 3 is 2.29 bits per heavy atom. The quantitative estimate of drug-likeness (QED) is 0.557. The number of unbranched alkanes of at least 4 members (excludes halogenated alkanes) is 5. The molecule has 0 radical (unpaired) electrons. The summed E-state index contributed by atoms with van der Waals surface area (Å²) in [6, 6.07) is 11.0. The van der Waals surface area contributed by atoms with Gasteiger partial charge in [0.15, 0.2) is 0 Å². The highest BCUT2D eigenvalue weighted by Crippen LogP contribution is 2.22. The van der Waals surface area contributed by atoms with Crippen molar-refractivity contribution in [1.29, 1.82) is 0 Å². The van der Waals surface area contributed by atoms with Gasteiger partial charge in [-0.3, -0.25) is 0 Å². The van der Waals surface area contributed by atoms with Crippen LogP contribution in [0.25, 0.3) is 0 Å². The number of benzene rings is 1. The third kappa shape index (κ3) is 6.65. The van der Waals surface area contributed by atoms with Crippen LogP contribution in [0.3, 0.4) is 0 Å². The maximum absolute atomic E-state index is 2.70. The fraction of sp³-hybridized carbons (Fsp3) is 0.700. The first-order valence-corrected chi connectivity index (χ1v) is 9.14. The summed E-state index contributed by atoms with van der Waals surface area (Å²) in [7, 11) is 0. The van der Waals surface area contributed by atoms with Crippen LogP contribution in [0.5, 0.6) is 0 Å². The van der Waals surface area contributed by atoms with Gasteiger partial charge in [-0.1, -0.05) is 69.4 Å². The molecule has 1 fully saturated rings. The molecule has 0 N–H and O–H groups in total. The van der Waals surface area contributed by atoms with Crippen LogP contribution in [0.2, 0.25) is 0 Å². The van der Waals surface area contributed by atoms with Crippen LogP contribution in [0.4, 0.5) is 0 Å². The Kier molecular flexibility index (Phi) is 7.88. The predicted molar refractivity (Wildman–Crippen MR) is 92.7 cm³/mol. The van der Waals surface area contributed by atoms with Gasteiger partial charge in [-0.15, -0.1) is 0 Å². The van der Waals surface area contributed by atoms with Crippen molar-refractivity contribution in [1.82, 2.24) is 4.90 Å². The molecular weight excluding hydrogens is 254 g/mol. The highest BCUT2D eigenvalue weighted by atomic mass is 15.1. The lowest BCUT2D eigenvalue weighted by molar-refractivity contribution is 0.181. The Labute approximate surface area is 131 Å². The summed E-state index contributed by atoms with van der Waals surface area (Å²) in [5.41, 5.74) is 1.52. The van der Waals surface area contributed by atoms with Crippen LogP contribution in [0.15, 0.2) is 30.3 Å². The van der Waals surface area contributed by atoms with Crippen molar-refractivity contribution in [2.45, 2.75) is 64.7 Å². The molecule has 0 amide bonds. The third-order valence-corrected chi connectivity index (χ3v) is 4.90. The first kappa shape index (κ1) is 16.5. The molecule has 0 spiro atoms. The summed E-state index contributed by atoms with van der Waals surface area (Å²) >= 11 is 0. The second-order valence-corrected chi connectivity index (χ2v) is 6.74. The lowest BCUT2D eigenvalue weighted by Crippen LogP contribution is -2.35. The van der Waals surface area contributed by atoms with E-state index < -0.39 is 0 Å². The molecule has 1 heteroatoms. The summed E-state index contributed by atoms with van der Waals surface area (Å²) in [5, 5.41) is 0. The standard InChI is InChI=1S/C20H33N/c1-2-3-4-5-6-10-15-21-16-13-20(14-17-21)18-19-11-8-7-9-12-19/h7-9,11-12,20H,2-6,10,13-18H2,1H3. The monoisotopic (exact) mass is 287 g/mol. The normalized spacial score (nSPS) is 17.2. The summed E-state index contributed by atoms with van der Waals surface area (Å²) < 4.78 is 0. The van der Waals surface area contributed by atoms with Gasteiger partial charge in [-0.2, -0.15) is 0 Å². The van der Waals surface area contributed by atoms with Gasteiger partial charge in [0.05, 0.1) is 0 Å². The molecule has 118 valence electrons. The molecule has 0 bridgehead atoms. The average Bonchev–Trinajstić information content (AvgIpc) is 2.53. The Balaban J connectivity index is 1.54. The van der Waals surface area contributed by atoms with Gasteiger partial charge in [0.1, 0.15) is 0 Å². The van der Waals surface area contributed by atoms with Crippen molar-refractivity contribution >= 4 is 0 Å². The minimum atomic E-state index is 0.910. The van der Waals surface area contributed by atoms with Crippen molar-refractivity contribution in [3.63, 3.8) is 0 Å². The van der Waals surface area contributed by atoms with Crippen LogP contribution in [-0.4, -0.2) is 24.5 Å². The molecule has 1 heterocycles. The fourth-order valence-electron chi connectivity index (χ4n) is 3.48. The van der Waals surface area contributed by atoms with Crippen LogP contribution >= 0.6 is 0 Å². The van der Waals surface area contributed by atoms with E-state index in [4.69, 9.17) is 0 Å². The zero-order chi connectivity index (χ0) is 14.8. The average molecular weight is 287 g/mol. The first-order chi connectivity index (χ1) is 10.4. The van der Waals surface area contributed by atoms with Crippen molar-refractivity contribution in [2.75, 3.05) is 19.6 Å². The van der Waals surface area contributed by atoms with Crippen molar-refractivity contribution in [2.24, 2.45) is 5.92 Å². The minimum absolute atomic E-state index is 0.910. The molecule has 1 aliphatic rings. The summed E-state index contributed by atoms with van der Waals surface area (Å²) in [5.74, 6) is 0.910. The molecule has 1 aliphatic heterocycles. The second kappa shape index (κ2) is 10.00. The molecule has 0 unspecified atom stereocenters. The smallest absolute Gasteiger partial charge is 0.00160 e. The van der Waals surface area contributed by atoms with Crippen LogP contribution < -0.4 is 0 Å². The number of hydrogen-bond acceptors (Lipinski definition) is 1. The maximum Gasteiger partial charge on any atom is -0.00160 e. The number of rotatable bonds is 9. The second-order valence-electron chi connectivity index (χ2n) is 6.74. The molecule has 1 aromatic carbocycles. The van der Waals surface area contributed by atoms with E-state index in [1.54, 1.807) is 0 Å². The summed E-state index contributed by atoms with van der Waals surface area (Å²) in [4.78, 5) is 2.70. The lowest BCUT2D eigenvalue weighted by atomic mass is 9.90. The van der Waals surface area contributed by atoms with Gasteiger partial charge in [0.25, 0.3) is 0 Å². The number of likely N-dealkylation sites (tertiary alicyclic amines) is 1. The maximum atomic E-state index is 2.70. The van der Waals surface area contributed by atoms with E-state index in [2.05, 4.69) is 42.2 Å². The Hall–Kier alpha value is -0.820. The van der Waals surface area contributed by atoms with E-state index in [1.807, 2.05) is 0 Å². The Morgan fingerprint density at radius 2 is 1.57 bits per heavy atom. The zero-order valence-electron chi connectivity index (χ0n) is 13.9. The fourth-order valence-corrected chi connectivity index (χ4v) is 3.48. The third-order valence-electron chi connectivity index (χ3n) is 4.90. The minimum Gasteiger partial charge on any atom is -0.303 e. The molecular formula is C20H33N. The largest absolute Gasteiger partial charge is 0.303 e. The summed E-state index contributed by atoms with van der Waals surface area (Å²) in [6.07, 6.45) is 12.6. The molecule has 0 atom stereocenters. The van der Waals surface area contributed by atoms with Crippen molar-refractivity contribution in [3.8, 4) is 0 Å². The molecule has 0 saturated carbocycles. The Morgan fingerprint density at radius 1 is 0.905 bits per heavy atom. The van der Waals surface area contributed by atoms with Crippen molar-refractivity contribution in [3.05, 3.63) is 35.9 Å². The van der Waals surface area contributed by atoms with Crippen LogP contribution in [-0.2, 0) is 6.42 Å². The zero-order valence-corrected chi connectivity index (χ0v) is 13.9. The van der Waals surface area contributed by atoms with E-state index in [9.17, 15) is 0 Å². The first-order valence-electron chi connectivity index (χ1n) is 9.14. The van der Waals surface area contributed by atoms with E-state index in [0.29, 0.717) is 0 Å². The lowest BCUT2D eigenvalue weighted by Gasteiger charge is -2.32. The SMILES string of the molecule is CCCCCCCCN1CCC(Cc2ccccc2)CC1. The van der Waals surface area contributed by atoms with E-state index in [0.717, 1.165) is 5.92 Å². The Bertz CT molecular complexity index is 351. The van der Waals surface area contributed by atoms with E-state index >= 15 is 0 Å². The highest BCUT2D eigenvalue weighted by Gasteiger charge is 2.18. The van der Waals surface area contributed by atoms with Gasteiger partial charge >= 0.3 is 0 Å². The highest BCUT2D eigenvalue weighted by molar-refractivity contribution is 5.15. The molecule has 21 heavy (non-hydrogen) atoms. The molecule has 1 aromatic rings. The topological polar surface area (TPSA) is 3.24 Å². The predicted octanol–water partition coefficient (Wildman–Crippen LogP) is 5.30. The van der Waals surface area contributed by atoms with Gasteiger partial charge < -0.3 is 4.90 Å². The van der Waals surface area contributed by atoms with Gasteiger partial charge in [0.2, 0.25) is 0 Å². The molecule has 0 aliphatic carbocycles. The van der Waals surface area contributed by atoms with E-state index in [1.165, 1.54) is 83.0 Å². The van der Waals surface area contributed by atoms with Gasteiger partial charge in [-0.25, -0.2) is 0 Å². The number of hydrogen-bond donors (Lipinski definition) is 0. The molecule has 2 rings (SSSR count). The van der Waals surface area contributed by atoms with E-state index in [-0.39, 0.29) is 0 Å². The van der Waals surface area contributed by atoms with Gasteiger partial charge in [-0.05, 0) is 56.8 Å². The number of nitrogens with zero attached hydrogens (tertiary/aromatic N) is 1. The van der Waals surface area contributed by atoms with Crippen LogP contribution in [0.1, 0.15) is 63.9 Å². The van der Waals surface area contributed by atoms with Crippen molar-refractivity contribution < 1.29 is 0 Å². The number of piperidine rings is 1. The van der Waals surface area contributed by atoms with Crippen LogP contribution in [0, 0.1) is 5.92 Å². The summed E-state index contributed by atoms with van der Waals surface area (Å²) in [6.45, 7) is 6.28. The molecule has 1 nitrogen and oxygen atoms in total. The molecule has 1 saturated heterocycles. The molecule has 0 aromatic heterocycles.